The van der Waals surface area contributed by atoms with E-state index in [0.717, 1.165) is 0 Å². The van der Waals surface area contributed by atoms with E-state index in [1.165, 1.54) is 6.92 Å². The van der Waals surface area contributed by atoms with E-state index in [4.69, 9.17) is 14.9 Å². The molecule has 11 heavy (non-hydrogen) atoms. The minimum atomic E-state index is -4.67. The molecule has 6 nitrogen and oxygen atoms in total. The molecule has 0 saturated heterocycles. The van der Waals surface area contributed by atoms with Crippen molar-refractivity contribution in [1.82, 2.24) is 0 Å². The lowest BCUT2D eigenvalue weighted by atomic mass is 10.3. The first-order valence-electron chi connectivity index (χ1n) is 2.83. The zero-order chi connectivity index (χ0) is 9.07. The standard InChI is InChI=1S/C4H9O6P/c1-2-3(4(5)6)10-11(7,8)9/h3H,2H2,1H3,(H,5,6)(H2,7,8,9)/t3-/m1/s1. The summed E-state index contributed by atoms with van der Waals surface area (Å²) >= 11 is 0. The average molecular weight is 184 g/mol. The van der Waals surface area contributed by atoms with Gasteiger partial charge in [0.25, 0.3) is 0 Å². The minimum Gasteiger partial charge on any atom is -0.479 e. The molecule has 66 valence electrons. The second-order valence-electron chi connectivity index (χ2n) is 1.83. The highest BCUT2D eigenvalue weighted by Crippen LogP contribution is 2.38. The number of aliphatic carboxylic acids is 1. The van der Waals surface area contributed by atoms with Crippen molar-refractivity contribution in [2.45, 2.75) is 19.4 Å². The van der Waals surface area contributed by atoms with Crippen molar-refractivity contribution in [3.8, 4) is 0 Å². The fourth-order valence-electron chi connectivity index (χ4n) is 0.460. The van der Waals surface area contributed by atoms with Crippen LogP contribution in [0, 0.1) is 0 Å². The molecule has 0 fully saturated rings. The fraction of sp³-hybridized carbons (Fsp3) is 0.750. The summed E-state index contributed by atoms with van der Waals surface area (Å²) in [5, 5.41) is 8.27. The Bertz CT molecular complexity index is 183. The van der Waals surface area contributed by atoms with E-state index in [-0.39, 0.29) is 6.42 Å². The van der Waals surface area contributed by atoms with E-state index in [0.29, 0.717) is 0 Å². The number of phosphoric ester groups is 1. The molecule has 1 atom stereocenters. The Hall–Kier alpha value is -0.420. The zero-order valence-electron chi connectivity index (χ0n) is 5.80. The number of carboxylic acids is 1. The summed E-state index contributed by atoms with van der Waals surface area (Å²) in [5.41, 5.74) is 0. The highest BCUT2D eigenvalue weighted by atomic mass is 31.2. The highest BCUT2D eigenvalue weighted by molar-refractivity contribution is 7.46. The molecule has 0 heterocycles. The maximum absolute atomic E-state index is 10.1. The highest BCUT2D eigenvalue weighted by Gasteiger charge is 2.25. The molecular formula is C4H9O6P. The number of carbonyl (C=O) groups is 1. The molecule has 0 bridgehead atoms. The van der Waals surface area contributed by atoms with Gasteiger partial charge < -0.3 is 14.9 Å². The van der Waals surface area contributed by atoms with E-state index < -0.39 is 19.9 Å². The summed E-state index contributed by atoms with van der Waals surface area (Å²) < 4.78 is 14.0. The SMILES string of the molecule is CC[C@@H](OP(=O)(O)O)C(=O)O. The summed E-state index contributed by atoms with van der Waals surface area (Å²) in [4.78, 5) is 26.5. The maximum Gasteiger partial charge on any atom is 0.470 e. The quantitative estimate of drug-likeness (QED) is 0.529. The Labute approximate surface area is 63.0 Å². The van der Waals surface area contributed by atoms with Gasteiger partial charge in [0.15, 0.2) is 6.10 Å². The Morgan fingerprint density at radius 2 is 2.09 bits per heavy atom. The second-order valence-corrected chi connectivity index (χ2v) is 3.02. The van der Waals surface area contributed by atoms with Gasteiger partial charge in [-0.3, -0.25) is 4.52 Å². The molecule has 0 aromatic rings. The van der Waals surface area contributed by atoms with Crippen molar-refractivity contribution in [2.75, 3.05) is 0 Å². The first-order valence-corrected chi connectivity index (χ1v) is 4.36. The summed E-state index contributed by atoms with van der Waals surface area (Å²) in [5.74, 6) is -1.38. The van der Waals surface area contributed by atoms with Gasteiger partial charge in [0.1, 0.15) is 0 Å². The van der Waals surface area contributed by atoms with E-state index >= 15 is 0 Å². The van der Waals surface area contributed by atoms with Crippen LogP contribution in [0.5, 0.6) is 0 Å². The van der Waals surface area contributed by atoms with Crippen LogP contribution in [0.15, 0.2) is 0 Å². The van der Waals surface area contributed by atoms with Crippen LogP contribution < -0.4 is 0 Å². The van der Waals surface area contributed by atoms with Crippen molar-refractivity contribution in [2.24, 2.45) is 0 Å². The Kier molecular flexibility index (Phi) is 3.68. The Balaban J connectivity index is 4.10. The Morgan fingerprint density at radius 1 is 1.64 bits per heavy atom. The van der Waals surface area contributed by atoms with Crippen LogP contribution in [-0.4, -0.2) is 27.0 Å². The van der Waals surface area contributed by atoms with Gasteiger partial charge in [0, 0.05) is 0 Å². The monoisotopic (exact) mass is 184 g/mol. The third kappa shape index (κ3) is 4.92. The van der Waals surface area contributed by atoms with Crippen LogP contribution in [0.3, 0.4) is 0 Å². The minimum absolute atomic E-state index is 0.0143. The predicted octanol–water partition coefficient (Wildman–Crippen LogP) is -0.0411. The number of hydrogen-bond donors (Lipinski definition) is 3. The van der Waals surface area contributed by atoms with Gasteiger partial charge in [0.05, 0.1) is 0 Å². The van der Waals surface area contributed by atoms with Crippen LogP contribution in [-0.2, 0) is 13.9 Å². The summed E-state index contributed by atoms with van der Waals surface area (Å²) in [6, 6.07) is 0. The Morgan fingerprint density at radius 3 is 2.18 bits per heavy atom. The molecule has 3 N–H and O–H groups in total. The molecular weight excluding hydrogens is 175 g/mol. The van der Waals surface area contributed by atoms with Gasteiger partial charge in [-0.1, -0.05) is 6.92 Å². The molecule has 0 saturated carbocycles. The lowest BCUT2D eigenvalue weighted by Gasteiger charge is -2.10. The number of carboxylic acid groups (broad SMARTS) is 1. The van der Waals surface area contributed by atoms with Gasteiger partial charge >= 0.3 is 13.8 Å². The van der Waals surface area contributed by atoms with Gasteiger partial charge in [-0.2, -0.15) is 0 Å². The van der Waals surface area contributed by atoms with Crippen molar-refractivity contribution >= 4 is 13.8 Å². The summed E-state index contributed by atoms with van der Waals surface area (Å²) in [6.07, 6.45) is -1.42. The molecule has 0 aliphatic heterocycles. The molecule has 7 heteroatoms. The van der Waals surface area contributed by atoms with Crippen LogP contribution >= 0.6 is 7.82 Å². The first kappa shape index (κ1) is 10.6. The molecule has 0 radical (unpaired) electrons. The zero-order valence-corrected chi connectivity index (χ0v) is 6.69. The molecule has 0 aromatic carbocycles. The lowest BCUT2D eigenvalue weighted by Crippen LogP contribution is -2.21. The topological polar surface area (TPSA) is 104 Å². The first-order chi connectivity index (χ1) is 4.87. The molecule has 0 unspecified atom stereocenters. The smallest absolute Gasteiger partial charge is 0.470 e. The van der Waals surface area contributed by atoms with E-state index in [2.05, 4.69) is 4.52 Å². The lowest BCUT2D eigenvalue weighted by molar-refractivity contribution is -0.146. The summed E-state index contributed by atoms with van der Waals surface area (Å²) in [6.45, 7) is 1.45. The van der Waals surface area contributed by atoms with E-state index in [1.54, 1.807) is 0 Å². The van der Waals surface area contributed by atoms with Crippen molar-refractivity contribution in [1.29, 1.82) is 0 Å². The van der Waals surface area contributed by atoms with Crippen molar-refractivity contribution in [3.63, 3.8) is 0 Å². The largest absolute Gasteiger partial charge is 0.479 e. The molecule has 0 aromatic heterocycles. The molecule has 0 spiro atoms. The predicted molar refractivity (Wildman–Crippen MR) is 34.8 cm³/mol. The normalized spacial score (nSPS) is 14.5. The molecule has 0 aliphatic carbocycles. The number of hydrogen-bond acceptors (Lipinski definition) is 3. The van der Waals surface area contributed by atoms with Crippen molar-refractivity contribution < 1.29 is 28.8 Å². The van der Waals surface area contributed by atoms with Gasteiger partial charge in [0.2, 0.25) is 0 Å². The molecule has 0 aliphatic rings. The third-order valence-corrected chi connectivity index (χ3v) is 1.44. The summed E-state index contributed by atoms with van der Waals surface area (Å²) in [7, 11) is -4.67. The second kappa shape index (κ2) is 3.82. The van der Waals surface area contributed by atoms with E-state index in [1.807, 2.05) is 0 Å². The van der Waals surface area contributed by atoms with Gasteiger partial charge in [-0.25, -0.2) is 9.36 Å². The van der Waals surface area contributed by atoms with Gasteiger partial charge in [-0.15, -0.1) is 0 Å². The van der Waals surface area contributed by atoms with Crippen molar-refractivity contribution in [3.05, 3.63) is 0 Å². The number of rotatable bonds is 4. The fourth-order valence-corrected chi connectivity index (χ4v) is 1.03. The molecule has 0 rings (SSSR count). The van der Waals surface area contributed by atoms with Crippen LogP contribution in [0.25, 0.3) is 0 Å². The maximum atomic E-state index is 10.1. The third-order valence-electron chi connectivity index (χ3n) is 0.911. The van der Waals surface area contributed by atoms with E-state index in [9.17, 15) is 9.36 Å². The number of phosphoric acid groups is 1. The van der Waals surface area contributed by atoms with Crippen LogP contribution in [0.4, 0.5) is 0 Å². The van der Waals surface area contributed by atoms with Gasteiger partial charge in [-0.05, 0) is 6.42 Å². The van der Waals surface area contributed by atoms with Crippen LogP contribution in [0.2, 0.25) is 0 Å². The van der Waals surface area contributed by atoms with Crippen LogP contribution in [0.1, 0.15) is 13.3 Å². The average Bonchev–Trinajstić information content (AvgIpc) is 1.80. The molecule has 0 amide bonds.